The highest BCUT2D eigenvalue weighted by atomic mass is 16.3. The molecule has 0 aliphatic rings. The van der Waals surface area contributed by atoms with Gasteiger partial charge in [-0.05, 0) is 67.1 Å². The van der Waals surface area contributed by atoms with Gasteiger partial charge in [-0.3, -0.25) is 0 Å². The smallest absolute Gasteiger partial charge is 0.181 e. The van der Waals surface area contributed by atoms with Crippen LogP contribution in [0.3, 0.4) is 0 Å². The Kier molecular flexibility index (Phi) is 5.03. The summed E-state index contributed by atoms with van der Waals surface area (Å²) in [6.07, 6.45) is 5.24. The van der Waals surface area contributed by atoms with Crippen LogP contribution >= 0.6 is 0 Å². The lowest BCUT2D eigenvalue weighted by atomic mass is 9.96. The van der Waals surface area contributed by atoms with E-state index >= 15 is 0 Å². The van der Waals surface area contributed by atoms with E-state index in [1.54, 1.807) is 19.3 Å². The number of hydrogen-bond donors (Lipinski definition) is 2. The van der Waals surface area contributed by atoms with Crippen LogP contribution < -0.4 is 5.73 Å². The van der Waals surface area contributed by atoms with Crippen molar-refractivity contribution in [3.05, 3.63) is 78.0 Å². The van der Waals surface area contributed by atoms with Crippen LogP contribution in [-0.4, -0.2) is 19.6 Å². The zero-order valence-electron chi connectivity index (χ0n) is 17.3. The van der Waals surface area contributed by atoms with E-state index in [2.05, 4.69) is 46.9 Å². The fourth-order valence-electron chi connectivity index (χ4n) is 3.61. The van der Waals surface area contributed by atoms with Gasteiger partial charge in [0, 0.05) is 36.1 Å². The molecular weight excluding hydrogens is 372 g/mol. The lowest BCUT2D eigenvalue weighted by Crippen LogP contribution is -2.24. The summed E-state index contributed by atoms with van der Waals surface area (Å²) in [5.74, 6) is 7.16. The number of aryl methyl sites for hydroxylation is 2. The van der Waals surface area contributed by atoms with E-state index in [-0.39, 0.29) is 0 Å². The first-order chi connectivity index (χ1) is 14.4. The molecule has 2 aromatic carbocycles. The molecule has 0 bridgehead atoms. The number of benzene rings is 2. The van der Waals surface area contributed by atoms with Crippen molar-refractivity contribution in [1.82, 2.24) is 14.5 Å². The van der Waals surface area contributed by atoms with Gasteiger partial charge in [0.1, 0.15) is 5.82 Å². The average molecular weight is 396 g/mol. The molecule has 5 nitrogen and oxygen atoms in total. The standard InChI is InChI=1S/C25H24N4O/c1-4-29-14-13-28-24(29)25(3,30)11-9-18-6-5-17(2)21(15-18)20-8-7-19-10-12-27-23(26)22(19)16-20/h5-8,10,12-16,30H,4H2,1-3H3,(H2,26,27). The van der Waals surface area contributed by atoms with Crippen molar-refractivity contribution in [3.63, 3.8) is 0 Å². The van der Waals surface area contributed by atoms with Crippen LogP contribution in [0.1, 0.15) is 30.8 Å². The highest BCUT2D eigenvalue weighted by molar-refractivity contribution is 5.94. The minimum Gasteiger partial charge on any atom is -0.383 e. The molecule has 30 heavy (non-hydrogen) atoms. The van der Waals surface area contributed by atoms with Crippen molar-refractivity contribution in [3.8, 4) is 23.0 Å². The third kappa shape index (κ3) is 3.66. The van der Waals surface area contributed by atoms with Gasteiger partial charge in [-0.25, -0.2) is 9.97 Å². The molecule has 2 heterocycles. The first-order valence-corrected chi connectivity index (χ1v) is 9.91. The van der Waals surface area contributed by atoms with Gasteiger partial charge >= 0.3 is 0 Å². The topological polar surface area (TPSA) is 77.0 Å². The largest absolute Gasteiger partial charge is 0.383 e. The molecule has 0 radical (unpaired) electrons. The summed E-state index contributed by atoms with van der Waals surface area (Å²) in [6, 6.07) is 14.2. The molecule has 0 aliphatic heterocycles. The number of rotatable bonds is 3. The number of fused-ring (bicyclic) bond motifs is 1. The third-order valence-electron chi connectivity index (χ3n) is 5.29. The number of aromatic nitrogens is 3. The lowest BCUT2D eigenvalue weighted by Gasteiger charge is -2.17. The number of nitrogen functional groups attached to an aromatic ring is 1. The van der Waals surface area contributed by atoms with Crippen molar-refractivity contribution in [2.24, 2.45) is 0 Å². The Hall–Kier alpha value is -3.62. The van der Waals surface area contributed by atoms with Crippen LogP contribution in [0.15, 0.2) is 61.1 Å². The fourth-order valence-corrected chi connectivity index (χ4v) is 3.61. The van der Waals surface area contributed by atoms with Gasteiger partial charge in [-0.2, -0.15) is 0 Å². The number of pyridine rings is 1. The Labute approximate surface area is 176 Å². The van der Waals surface area contributed by atoms with Gasteiger partial charge in [0.05, 0.1) is 0 Å². The third-order valence-corrected chi connectivity index (χ3v) is 5.29. The number of aliphatic hydroxyl groups is 1. The Morgan fingerprint density at radius 2 is 1.93 bits per heavy atom. The molecule has 4 rings (SSSR count). The van der Waals surface area contributed by atoms with Gasteiger partial charge < -0.3 is 15.4 Å². The normalized spacial score (nSPS) is 12.9. The zero-order valence-corrected chi connectivity index (χ0v) is 17.3. The molecule has 150 valence electrons. The van der Waals surface area contributed by atoms with Gasteiger partial charge in [-0.15, -0.1) is 0 Å². The second-order valence-corrected chi connectivity index (χ2v) is 7.52. The molecule has 4 aromatic rings. The fraction of sp³-hybridized carbons (Fsp3) is 0.200. The molecule has 0 fully saturated rings. The zero-order chi connectivity index (χ0) is 21.3. The first kappa shape index (κ1) is 19.7. The van der Waals surface area contributed by atoms with Gasteiger partial charge in [-0.1, -0.05) is 30.0 Å². The van der Waals surface area contributed by atoms with Crippen molar-refractivity contribution >= 4 is 16.6 Å². The Morgan fingerprint density at radius 1 is 1.10 bits per heavy atom. The quantitative estimate of drug-likeness (QED) is 0.507. The second kappa shape index (κ2) is 7.66. The summed E-state index contributed by atoms with van der Waals surface area (Å²) in [6.45, 7) is 6.47. The molecule has 2 aromatic heterocycles. The molecule has 1 unspecified atom stereocenters. The molecule has 0 aliphatic carbocycles. The summed E-state index contributed by atoms with van der Waals surface area (Å²) >= 11 is 0. The summed E-state index contributed by atoms with van der Waals surface area (Å²) in [7, 11) is 0. The number of nitrogens with zero attached hydrogens (tertiary/aromatic N) is 3. The van der Waals surface area contributed by atoms with E-state index in [1.165, 1.54) is 0 Å². The number of anilines is 1. The molecule has 5 heteroatoms. The summed E-state index contributed by atoms with van der Waals surface area (Å²) in [4.78, 5) is 8.48. The second-order valence-electron chi connectivity index (χ2n) is 7.52. The number of hydrogen-bond acceptors (Lipinski definition) is 4. The number of nitrogens with two attached hydrogens (primary N) is 1. The Bertz CT molecular complexity index is 1290. The molecular formula is C25H24N4O. The molecule has 0 saturated carbocycles. The van der Waals surface area contributed by atoms with E-state index in [0.29, 0.717) is 11.6 Å². The van der Waals surface area contributed by atoms with E-state index in [1.807, 2.05) is 42.0 Å². The Balaban J connectivity index is 1.73. The van der Waals surface area contributed by atoms with Crippen molar-refractivity contribution in [2.75, 3.05) is 5.73 Å². The molecule has 3 N–H and O–H groups in total. The number of imidazole rings is 1. The van der Waals surface area contributed by atoms with E-state index in [0.717, 1.165) is 39.6 Å². The van der Waals surface area contributed by atoms with Crippen LogP contribution in [0.25, 0.3) is 21.9 Å². The van der Waals surface area contributed by atoms with E-state index < -0.39 is 5.60 Å². The monoisotopic (exact) mass is 396 g/mol. The van der Waals surface area contributed by atoms with Crippen molar-refractivity contribution in [2.45, 2.75) is 32.9 Å². The molecule has 0 saturated heterocycles. The molecule has 1 atom stereocenters. The summed E-state index contributed by atoms with van der Waals surface area (Å²) < 4.78 is 1.89. The summed E-state index contributed by atoms with van der Waals surface area (Å²) in [5, 5.41) is 12.8. The van der Waals surface area contributed by atoms with Crippen LogP contribution in [0, 0.1) is 18.8 Å². The van der Waals surface area contributed by atoms with E-state index in [9.17, 15) is 5.11 Å². The van der Waals surface area contributed by atoms with Crippen LogP contribution in [0.5, 0.6) is 0 Å². The molecule has 0 spiro atoms. The maximum absolute atomic E-state index is 10.9. The lowest BCUT2D eigenvalue weighted by molar-refractivity contribution is 0.108. The van der Waals surface area contributed by atoms with Gasteiger partial charge in [0.25, 0.3) is 0 Å². The van der Waals surface area contributed by atoms with Gasteiger partial charge in [0.15, 0.2) is 11.4 Å². The summed E-state index contributed by atoms with van der Waals surface area (Å²) in [5.41, 5.74) is 8.81. The minimum atomic E-state index is -1.34. The highest BCUT2D eigenvalue weighted by Crippen LogP contribution is 2.29. The minimum absolute atomic E-state index is 0.519. The van der Waals surface area contributed by atoms with Crippen LogP contribution in [-0.2, 0) is 12.1 Å². The maximum Gasteiger partial charge on any atom is 0.181 e. The SMILES string of the molecule is CCn1ccnc1C(C)(O)C#Cc1ccc(C)c(-c2ccc3ccnc(N)c3c2)c1. The van der Waals surface area contributed by atoms with Crippen LogP contribution in [0.2, 0.25) is 0 Å². The average Bonchev–Trinajstić information content (AvgIpc) is 3.23. The predicted octanol–water partition coefficient (Wildman–Crippen LogP) is 4.27. The van der Waals surface area contributed by atoms with Crippen LogP contribution in [0.4, 0.5) is 5.82 Å². The van der Waals surface area contributed by atoms with E-state index in [4.69, 9.17) is 5.73 Å². The van der Waals surface area contributed by atoms with Gasteiger partial charge in [0.2, 0.25) is 0 Å². The maximum atomic E-state index is 10.9. The van der Waals surface area contributed by atoms with Crippen molar-refractivity contribution < 1.29 is 5.11 Å². The van der Waals surface area contributed by atoms with Crippen molar-refractivity contribution in [1.29, 1.82) is 0 Å². The first-order valence-electron chi connectivity index (χ1n) is 9.91. The highest BCUT2D eigenvalue weighted by Gasteiger charge is 2.25. The molecule has 0 amide bonds. The predicted molar refractivity (Wildman–Crippen MR) is 121 cm³/mol. The Morgan fingerprint density at radius 3 is 2.73 bits per heavy atom.